The molecule has 1 amide bonds. The molecule has 3 nitrogen and oxygen atoms in total. The van der Waals surface area contributed by atoms with E-state index in [1.165, 1.54) is 0 Å². The zero-order chi connectivity index (χ0) is 18.9. The van der Waals surface area contributed by atoms with E-state index in [0.717, 1.165) is 11.3 Å². The summed E-state index contributed by atoms with van der Waals surface area (Å²) < 4.78 is 5.58. The topological polar surface area (TPSA) is 29.5 Å². The van der Waals surface area contributed by atoms with Gasteiger partial charge in [0.15, 0.2) is 0 Å². The van der Waals surface area contributed by atoms with Crippen LogP contribution in [0.4, 0.5) is 10.5 Å². The third-order valence-electron chi connectivity index (χ3n) is 3.09. The molecule has 0 unspecified atom stereocenters. The van der Waals surface area contributed by atoms with Crippen molar-refractivity contribution in [3.63, 3.8) is 0 Å². The van der Waals surface area contributed by atoms with Gasteiger partial charge in [0.1, 0.15) is 5.60 Å². The second-order valence-corrected chi connectivity index (χ2v) is 6.10. The zero-order valence-electron chi connectivity index (χ0n) is 14.7. The predicted octanol–water partition coefficient (Wildman–Crippen LogP) is 5.98. The fourth-order valence-electron chi connectivity index (χ4n) is 2.19. The molecule has 136 valence electrons. The first-order chi connectivity index (χ1) is 11.9. The van der Waals surface area contributed by atoms with E-state index < -0.39 is 11.7 Å². The van der Waals surface area contributed by atoms with Crippen LogP contribution in [0.5, 0.6) is 0 Å². The van der Waals surface area contributed by atoms with E-state index in [1.54, 1.807) is 11.0 Å². The summed E-state index contributed by atoms with van der Waals surface area (Å²) >= 11 is 2.22. The number of halogens is 1. The summed E-state index contributed by atoms with van der Waals surface area (Å²) in [5, 5.41) is 0. The quantitative estimate of drug-likeness (QED) is 0.426. The number of rotatable bonds is 3. The molecule has 0 aliphatic heterocycles. The van der Waals surface area contributed by atoms with E-state index in [2.05, 4.69) is 33.8 Å². The Morgan fingerprint density at radius 1 is 1.12 bits per heavy atom. The molecule has 5 heteroatoms. The molecule has 0 bridgehead atoms. The molecule has 0 N–H and O–H groups in total. The van der Waals surface area contributed by atoms with E-state index in [9.17, 15) is 4.79 Å². The fraction of sp³-hybridized carbons (Fsp3) is 0.250. The van der Waals surface area contributed by atoms with Crippen molar-refractivity contribution in [1.29, 1.82) is 0 Å². The molecule has 2 aromatic rings. The van der Waals surface area contributed by atoms with Gasteiger partial charge in [0, 0.05) is 0 Å². The molecule has 0 saturated heterocycles. The third kappa shape index (κ3) is 6.67. The normalized spacial score (nSPS) is 11.2. The molecule has 25 heavy (non-hydrogen) atoms. The Labute approximate surface area is 165 Å². The van der Waals surface area contributed by atoms with Gasteiger partial charge >= 0.3 is 33.8 Å². The number of amides is 1. The van der Waals surface area contributed by atoms with Crippen LogP contribution >= 0.6 is 9.53 Å². The number of benzene rings is 2. The van der Waals surface area contributed by atoms with Crippen LogP contribution in [0.1, 0.15) is 33.3 Å². The van der Waals surface area contributed by atoms with Crippen molar-refractivity contribution in [2.75, 3.05) is 4.90 Å². The number of nitrogens with zero attached hydrogens (tertiary/aromatic N) is 1. The summed E-state index contributed by atoms with van der Waals surface area (Å²) in [5.41, 5.74) is 1.79. The molecule has 2 rings (SSSR count). The standard InChI is InChI=1S/C20H22NO2.ClH.Pd/c1-5-18(16-12-8-6-9-13-16)21(17-14-10-7-11-15-17)19(22)23-20(2,3)4;;/h5-14H,1-4H3;1H;/q-1;;+2/p-1/b18-5+;;. The fourth-order valence-corrected chi connectivity index (χ4v) is 2.19. The summed E-state index contributed by atoms with van der Waals surface area (Å²) in [6, 6.07) is 20.3. The predicted molar refractivity (Wildman–Crippen MR) is 99.9 cm³/mol. The molecule has 0 aliphatic rings. The molecule has 0 saturated carbocycles. The van der Waals surface area contributed by atoms with Crippen LogP contribution in [-0.4, -0.2) is 11.7 Å². The molecule has 0 fully saturated rings. The van der Waals surface area contributed by atoms with Gasteiger partial charge in [-0.1, -0.05) is 42.1 Å². The molecule has 0 aromatic heterocycles. The average molecular weight is 450 g/mol. The Morgan fingerprint density at radius 2 is 1.72 bits per heavy atom. The van der Waals surface area contributed by atoms with Crippen molar-refractivity contribution in [2.24, 2.45) is 0 Å². The summed E-state index contributed by atoms with van der Waals surface area (Å²) in [5.74, 6) is 0. The van der Waals surface area contributed by atoms with Crippen molar-refractivity contribution in [3.05, 3.63) is 72.3 Å². The minimum absolute atomic E-state index is 0.420. The number of ether oxygens (including phenoxy) is 1. The van der Waals surface area contributed by atoms with Gasteiger partial charge in [0.05, 0.1) is 5.70 Å². The maximum atomic E-state index is 12.8. The zero-order valence-corrected chi connectivity index (χ0v) is 17.0. The monoisotopic (exact) mass is 449 g/mol. The van der Waals surface area contributed by atoms with E-state index in [-0.39, 0.29) is 0 Å². The van der Waals surface area contributed by atoms with Gasteiger partial charge in [-0.3, -0.25) is 4.90 Å². The molecule has 0 heterocycles. The second kappa shape index (κ2) is 10.4. The van der Waals surface area contributed by atoms with Crippen LogP contribution in [-0.2, 0) is 22.9 Å². The average Bonchev–Trinajstić information content (AvgIpc) is 2.61. The molecule has 2 aromatic carbocycles. The van der Waals surface area contributed by atoms with Crippen molar-refractivity contribution in [3.8, 4) is 0 Å². The summed E-state index contributed by atoms with van der Waals surface area (Å²) in [7, 11) is 4.49. The Morgan fingerprint density at radius 3 is 2.20 bits per heavy atom. The van der Waals surface area contributed by atoms with E-state index in [0.29, 0.717) is 5.69 Å². The van der Waals surface area contributed by atoms with E-state index in [1.807, 2.05) is 82.3 Å². The molecule has 0 atom stereocenters. The number of hydrogen-bond acceptors (Lipinski definition) is 2. The second-order valence-electron chi connectivity index (χ2n) is 6.10. The van der Waals surface area contributed by atoms with Crippen molar-refractivity contribution in [1.82, 2.24) is 0 Å². The molecule has 0 aliphatic carbocycles. The van der Waals surface area contributed by atoms with Gasteiger partial charge in [-0.05, 0) is 33.3 Å². The number of carbonyl (C=O) groups excluding carboxylic acids is 1. The van der Waals surface area contributed by atoms with Gasteiger partial charge in [-0.15, -0.1) is 6.07 Å². The van der Waals surface area contributed by atoms with Crippen LogP contribution < -0.4 is 4.90 Å². The van der Waals surface area contributed by atoms with E-state index in [4.69, 9.17) is 4.74 Å². The summed E-state index contributed by atoms with van der Waals surface area (Å²) in [6.45, 7) is 7.48. The molecular formula is C20H22ClNO2Pd. The third-order valence-corrected chi connectivity index (χ3v) is 3.09. The first-order valence-corrected chi connectivity index (χ1v) is 9.76. The molecule has 0 radical (unpaired) electrons. The summed E-state index contributed by atoms with van der Waals surface area (Å²) in [6.07, 6.45) is 1.48. The first kappa shape index (κ1) is 21.4. The van der Waals surface area contributed by atoms with Crippen LogP contribution in [0.2, 0.25) is 0 Å². The summed E-state index contributed by atoms with van der Waals surface area (Å²) in [4.78, 5) is 14.3. The number of hydrogen-bond donors (Lipinski definition) is 0. The Balaban J connectivity index is 0.00000151. The van der Waals surface area contributed by atoms with Crippen LogP contribution in [0.25, 0.3) is 5.70 Å². The van der Waals surface area contributed by atoms with Crippen LogP contribution in [0.15, 0.2) is 60.7 Å². The van der Waals surface area contributed by atoms with Crippen molar-refractivity contribution < 1.29 is 27.7 Å². The SMILES string of the molecule is C/C=C(\c1ccccc1)N(C(=O)OC(C)(C)C)c1[c-]cccc1.[Cl][Pd+]. The van der Waals surface area contributed by atoms with Gasteiger partial charge in [-0.25, -0.2) is 4.79 Å². The Hall–Kier alpha value is -1.60. The number of carbonyl (C=O) groups is 1. The van der Waals surface area contributed by atoms with Gasteiger partial charge in [0.2, 0.25) is 0 Å². The van der Waals surface area contributed by atoms with Gasteiger partial charge in [-0.2, -0.15) is 24.3 Å². The Kier molecular flexibility index (Phi) is 8.93. The van der Waals surface area contributed by atoms with Crippen molar-refractivity contribution in [2.45, 2.75) is 33.3 Å². The Bertz CT molecular complexity index is 682. The van der Waals surface area contributed by atoms with Crippen LogP contribution in [0, 0.1) is 6.07 Å². The maximum absolute atomic E-state index is 12.8. The number of allylic oxidation sites excluding steroid dienone is 1. The van der Waals surface area contributed by atoms with Crippen LogP contribution in [0.3, 0.4) is 0 Å². The van der Waals surface area contributed by atoms with Crippen molar-refractivity contribution >= 4 is 27.0 Å². The number of anilines is 1. The molecular weight excluding hydrogens is 428 g/mol. The van der Waals surface area contributed by atoms with Gasteiger partial charge < -0.3 is 4.74 Å². The van der Waals surface area contributed by atoms with E-state index >= 15 is 0 Å². The first-order valence-electron chi connectivity index (χ1n) is 7.76. The number of para-hydroxylation sites is 1. The molecule has 0 spiro atoms. The van der Waals surface area contributed by atoms with Gasteiger partial charge in [0.25, 0.3) is 0 Å². The minimum atomic E-state index is -0.570.